The summed E-state index contributed by atoms with van der Waals surface area (Å²) >= 11 is 5.14. The molecule has 1 aromatic heterocycles. The maximum Gasteiger partial charge on any atom is 0.136 e. The van der Waals surface area contributed by atoms with E-state index in [1.54, 1.807) is 17.4 Å². The average Bonchev–Trinajstić information content (AvgIpc) is 2.76. The number of benzene rings is 1. The lowest BCUT2D eigenvalue weighted by Crippen LogP contribution is -2.23. The molecule has 0 saturated heterocycles. The second-order valence-corrected chi connectivity index (χ2v) is 6.07. The van der Waals surface area contributed by atoms with E-state index in [4.69, 9.17) is 10.5 Å². The molecule has 1 unspecified atom stereocenters. The highest BCUT2D eigenvalue weighted by Crippen LogP contribution is 2.43. The van der Waals surface area contributed by atoms with Crippen LogP contribution in [-0.2, 0) is 0 Å². The Labute approximate surface area is 117 Å². The van der Waals surface area contributed by atoms with Gasteiger partial charge in [0, 0.05) is 22.5 Å². The first-order valence-electron chi connectivity index (χ1n) is 5.59. The Balaban J connectivity index is 1.97. The van der Waals surface area contributed by atoms with Crippen molar-refractivity contribution in [2.75, 3.05) is 0 Å². The minimum atomic E-state index is -0.274. The van der Waals surface area contributed by atoms with Crippen LogP contribution in [0.1, 0.15) is 29.0 Å². The molecule has 2 nitrogen and oxygen atoms in total. The van der Waals surface area contributed by atoms with Gasteiger partial charge in [0.15, 0.2) is 0 Å². The largest absolute Gasteiger partial charge is 0.484 e. The van der Waals surface area contributed by atoms with Crippen LogP contribution < -0.4 is 10.5 Å². The third kappa shape index (κ3) is 2.06. The van der Waals surface area contributed by atoms with E-state index >= 15 is 0 Å². The first-order chi connectivity index (χ1) is 8.65. The van der Waals surface area contributed by atoms with Gasteiger partial charge in [0.25, 0.3) is 0 Å². The first-order valence-corrected chi connectivity index (χ1v) is 7.27. The molecule has 0 saturated carbocycles. The van der Waals surface area contributed by atoms with Crippen LogP contribution in [-0.4, -0.2) is 0 Å². The van der Waals surface area contributed by atoms with Gasteiger partial charge in [-0.15, -0.1) is 11.3 Å². The second kappa shape index (κ2) is 4.64. The van der Waals surface area contributed by atoms with Crippen LogP contribution in [0.4, 0.5) is 4.39 Å². The van der Waals surface area contributed by atoms with E-state index in [0.717, 1.165) is 14.9 Å². The van der Waals surface area contributed by atoms with Crippen LogP contribution in [0.3, 0.4) is 0 Å². The molecule has 3 rings (SSSR count). The van der Waals surface area contributed by atoms with E-state index in [2.05, 4.69) is 15.9 Å². The summed E-state index contributed by atoms with van der Waals surface area (Å²) in [4.78, 5) is 1.13. The predicted molar refractivity (Wildman–Crippen MR) is 73.3 cm³/mol. The van der Waals surface area contributed by atoms with Crippen molar-refractivity contribution in [3.63, 3.8) is 0 Å². The summed E-state index contributed by atoms with van der Waals surface area (Å²) in [5.41, 5.74) is 6.85. The molecule has 5 heteroatoms. The first kappa shape index (κ1) is 12.1. The number of fused-ring (bicyclic) bond motifs is 1. The summed E-state index contributed by atoms with van der Waals surface area (Å²) < 4.78 is 20.1. The van der Waals surface area contributed by atoms with Crippen molar-refractivity contribution >= 4 is 27.3 Å². The lowest BCUT2D eigenvalue weighted by Gasteiger charge is -2.30. The van der Waals surface area contributed by atoms with Crippen molar-refractivity contribution in [3.8, 4) is 5.75 Å². The van der Waals surface area contributed by atoms with Crippen molar-refractivity contribution in [1.29, 1.82) is 0 Å². The minimum absolute atomic E-state index is 0.0627. The van der Waals surface area contributed by atoms with Crippen LogP contribution >= 0.6 is 27.3 Å². The minimum Gasteiger partial charge on any atom is -0.484 e. The van der Waals surface area contributed by atoms with Crippen LogP contribution in [0, 0.1) is 5.82 Å². The number of halogens is 2. The molecule has 2 heterocycles. The number of thiophene rings is 1. The molecular formula is C13H11BrFNOS. The predicted octanol–water partition coefficient (Wildman–Crippen LogP) is 4.17. The number of rotatable bonds is 1. The van der Waals surface area contributed by atoms with Gasteiger partial charge in [0.2, 0.25) is 0 Å². The third-order valence-corrected chi connectivity index (χ3v) is 5.01. The van der Waals surface area contributed by atoms with Gasteiger partial charge < -0.3 is 10.5 Å². The molecule has 1 aliphatic heterocycles. The highest BCUT2D eigenvalue weighted by atomic mass is 79.9. The molecule has 94 valence electrons. The topological polar surface area (TPSA) is 35.2 Å². The number of hydrogen-bond acceptors (Lipinski definition) is 3. The Morgan fingerprint density at radius 1 is 1.39 bits per heavy atom. The molecule has 0 aliphatic carbocycles. The van der Waals surface area contributed by atoms with E-state index in [9.17, 15) is 4.39 Å². The lowest BCUT2D eigenvalue weighted by atomic mass is 9.96. The summed E-state index contributed by atoms with van der Waals surface area (Å²) in [5, 5.41) is 2.01. The van der Waals surface area contributed by atoms with Gasteiger partial charge in [0.05, 0.1) is 4.88 Å². The molecule has 18 heavy (non-hydrogen) atoms. The highest BCUT2D eigenvalue weighted by Gasteiger charge is 2.29. The normalized spacial score (nSPS) is 22.4. The van der Waals surface area contributed by atoms with Gasteiger partial charge in [-0.05, 0) is 45.6 Å². The summed E-state index contributed by atoms with van der Waals surface area (Å²) in [6.07, 6.45) is 0.600. The van der Waals surface area contributed by atoms with Gasteiger partial charge in [-0.3, -0.25) is 0 Å². The third-order valence-electron chi connectivity index (χ3n) is 3.05. The fraction of sp³-hybridized carbons (Fsp3) is 0.231. The number of ether oxygens (including phenoxy) is 1. The van der Waals surface area contributed by atoms with Crippen molar-refractivity contribution in [2.24, 2.45) is 5.73 Å². The van der Waals surface area contributed by atoms with Gasteiger partial charge in [-0.2, -0.15) is 0 Å². The smallest absolute Gasteiger partial charge is 0.136 e. The zero-order valence-electron chi connectivity index (χ0n) is 9.40. The fourth-order valence-corrected chi connectivity index (χ4v) is 3.84. The molecule has 2 atom stereocenters. The molecule has 0 spiro atoms. The summed E-state index contributed by atoms with van der Waals surface area (Å²) in [6, 6.07) is 6.31. The maximum absolute atomic E-state index is 13.2. The Hall–Kier alpha value is -0.910. The van der Waals surface area contributed by atoms with Crippen LogP contribution in [0.5, 0.6) is 5.75 Å². The van der Waals surface area contributed by atoms with E-state index in [1.165, 1.54) is 12.1 Å². The molecule has 1 aromatic carbocycles. The van der Waals surface area contributed by atoms with Crippen molar-refractivity contribution in [2.45, 2.75) is 18.6 Å². The van der Waals surface area contributed by atoms with E-state index < -0.39 is 0 Å². The van der Waals surface area contributed by atoms with Crippen molar-refractivity contribution < 1.29 is 9.13 Å². The van der Waals surface area contributed by atoms with E-state index in [1.807, 2.05) is 11.4 Å². The Morgan fingerprint density at radius 3 is 2.94 bits per heavy atom. The average molecular weight is 328 g/mol. The van der Waals surface area contributed by atoms with Crippen molar-refractivity contribution in [1.82, 2.24) is 0 Å². The van der Waals surface area contributed by atoms with E-state index in [-0.39, 0.29) is 18.0 Å². The quantitative estimate of drug-likeness (QED) is 0.853. The molecule has 2 N–H and O–H groups in total. The highest BCUT2D eigenvalue weighted by molar-refractivity contribution is 9.10. The zero-order valence-corrected chi connectivity index (χ0v) is 11.8. The standard InChI is InChI=1S/C13H11BrFNOS/c14-9-3-4-18-13(9)12-6-10(16)8-5-7(15)1-2-11(8)17-12/h1-5,10,12H,6,16H2/t10-,12?/m1/s1. The van der Waals surface area contributed by atoms with Gasteiger partial charge >= 0.3 is 0 Å². The van der Waals surface area contributed by atoms with E-state index in [0.29, 0.717) is 12.2 Å². The summed E-state index contributed by atoms with van der Waals surface area (Å²) in [5.74, 6) is 0.406. The molecule has 2 aromatic rings. The molecule has 0 fully saturated rings. The second-order valence-electron chi connectivity index (χ2n) is 4.26. The zero-order chi connectivity index (χ0) is 12.7. The molecular weight excluding hydrogens is 317 g/mol. The summed E-state index contributed by atoms with van der Waals surface area (Å²) in [7, 11) is 0. The van der Waals surface area contributed by atoms with Gasteiger partial charge in [-0.1, -0.05) is 0 Å². The Kier molecular flexibility index (Phi) is 3.13. The monoisotopic (exact) mass is 327 g/mol. The SMILES string of the molecule is N[C@@H]1CC(c2sccc2Br)Oc2ccc(F)cc21. The molecule has 0 bridgehead atoms. The van der Waals surface area contributed by atoms with Crippen LogP contribution in [0.2, 0.25) is 0 Å². The maximum atomic E-state index is 13.2. The Morgan fingerprint density at radius 2 is 2.22 bits per heavy atom. The van der Waals surface area contributed by atoms with Crippen LogP contribution in [0.15, 0.2) is 34.1 Å². The fourth-order valence-electron chi connectivity index (χ4n) is 2.17. The lowest BCUT2D eigenvalue weighted by molar-refractivity contribution is 0.164. The molecule has 1 aliphatic rings. The number of nitrogens with two attached hydrogens (primary N) is 1. The van der Waals surface area contributed by atoms with Gasteiger partial charge in [0.1, 0.15) is 17.7 Å². The summed E-state index contributed by atoms with van der Waals surface area (Å²) in [6.45, 7) is 0. The van der Waals surface area contributed by atoms with Gasteiger partial charge in [-0.25, -0.2) is 4.39 Å². The molecule has 0 radical (unpaired) electrons. The van der Waals surface area contributed by atoms with Crippen LogP contribution in [0.25, 0.3) is 0 Å². The number of hydrogen-bond donors (Lipinski definition) is 1. The van der Waals surface area contributed by atoms with Crippen molar-refractivity contribution in [3.05, 3.63) is 50.4 Å². The molecule has 0 amide bonds. The Bertz CT molecular complexity index is 586.